The lowest BCUT2D eigenvalue weighted by atomic mass is 9.91. The number of aliphatic imine (C=N–C) groups is 2. The summed E-state index contributed by atoms with van der Waals surface area (Å²) in [6, 6.07) is 0.533. The summed E-state index contributed by atoms with van der Waals surface area (Å²) in [6.07, 6.45) is 7.51. The predicted molar refractivity (Wildman–Crippen MR) is 49.2 cm³/mol. The Balaban J connectivity index is 3.05. The van der Waals surface area contributed by atoms with Crippen LogP contribution in [0.1, 0.15) is 13.8 Å². The van der Waals surface area contributed by atoms with Crippen LogP contribution in [0.15, 0.2) is 27.3 Å². The normalized spacial score (nSPS) is 21.4. The van der Waals surface area contributed by atoms with Crippen molar-refractivity contribution in [1.29, 1.82) is 0 Å². The molecule has 1 aliphatic carbocycles. The van der Waals surface area contributed by atoms with Crippen molar-refractivity contribution in [3.8, 4) is 0 Å². The average Bonchev–Trinajstić information content (AvgIpc) is 2.14. The average molecular weight is 188 g/mol. The molecule has 1 unspecified atom stereocenters. The highest BCUT2D eigenvalue weighted by Gasteiger charge is 2.23. The number of carbonyl (C=O) groups excluding carboxylic acids is 2. The highest BCUT2D eigenvalue weighted by molar-refractivity contribution is 5.45. The van der Waals surface area contributed by atoms with Gasteiger partial charge in [-0.3, -0.25) is 0 Å². The van der Waals surface area contributed by atoms with Crippen molar-refractivity contribution in [3.63, 3.8) is 0 Å². The van der Waals surface area contributed by atoms with Crippen LogP contribution in [0.5, 0.6) is 0 Å². The molecule has 0 N–H and O–H groups in total. The van der Waals surface area contributed by atoms with Crippen molar-refractivity contribution in [3.05, 3.63) is 29.5 Å². The number of nitrogens with zero attached hydrogens (tertiary/aromatic N) is 2. The Kier molecular flexibility index (Phi) is 3.29. The van der Waals surface area contributed by atoms with Crippen LogP contribution < -0.4 is 0 Å². The monoisotopic (exact) mass is 188 g/mol. The van der Waals surface area contributed by atoms with Crippen molar-refractivity contribution >= 4 is 12.2 Å². The lowest BCUT2D eigenvalue weighted by molar-refractivity contribution is 0.558. The second-order valence-electron chi connectivity index (χ2n) is 2.89. The van der Waals surface area contributed by atoms with E-state index in [0.717, 1.165) is 5.57 Å². The lowest BCUT2D eigenvalue weighted by Crippen LogP contribution is -2.11. The number of isocyanates is 2. The summed E-state index contributed by atoms with van der Waals surface area (Å²) >= 11 is 0. The Bertz CT molecular complexity index is 383. The molecule has 4 nitrogen and oxygen atoms in total. The molecule has 70 valence electrons. The van der Waals surface area contributed by atoms with Gasteiger partial charge in [-0.25, -0.2) is 9.59 Å². The first-order chi connectivity index (χ1) is 6.69. The van der Waals surface area contributed by atoms with Gasteiger partial charge < -0.3 is 0 Å². The van der Waals surface area contributed by atoms with Gasteiger partial charge in [0.05, 0.1) is 5.70 Å². The SMILES string of the molecule is CC1=C[C](N=C=O)C(C)C(N=C=O)=[C]1. The van der Waals surface area contributed by atoms with E-state index in [1.807, 2.05) is 0 Å². The maximum Gasteiger partial charge on any atom is 0.240 e. The molecule has 1 atom stereocenters. The van der Waals surface area contributed by atoms with Crippen LogP contribution in [0.2, 0.25) is 0 Å². The van der Waals surface area contributed by atoms with Crippen molar-refractivity contribution in [2.45, 2.75) is 13.8 Å². The van der Waals surface area contributed by atoms with Gasteiger partial charge in [0.1, 0.15) is 6.04 Å². The van der Waals surface area contributed by atoms with Gasteiger partial charge >= 0.3 is 0 Å². The van der Waals surface area contributed by atoms with Crippen molar-refractivity contribution in [2.75, 3.05) is 0 Å². The van der Waals surface area contributed by atoms with E-state index in [1.165, 1.54) is 12.2 Å². The van der Waals surface area contributed by atoms with Gasteiger partial charge in [-0.05, 0) is 18.6 Å². The Morgan fingerprint density at radius 1 is 1.36 bits per heavy atom. The summed E-state index contributed by atoms with van der Waals surface area (Å²) in [7, 11) is 0. The van der Waals surface area contributed by atoms with Gasteiger partial charge in [-0.2, -0.15) is 9.98 Å². The smallest absolute Gasteiger partial charge is 0.211 e. The molecular formula is C10H8N2O2. The molecule has 4 heteroatoms. The van der Waals surface area contributed by atoms with E-state index in [2.05, 4.69) is 16.1 Å². The van der Waals surface area contributed by atoms with E-state index in [9.17, 15) is 9.59 Å². The molecule has 0 saturated heterocycles. The first-order valence-electron chi connectivity index (χ1n) is 4.03. The minimum absolute atomic E-state index is 0.221. The van der Waals surface area contributed by atoms with Gasteiger partial charge in [0.25, 0.3) is 0 Å². The quantitative estimate of drug-likeness (QED) is 0.486. The predicted octanol–water partition coefficient (Wildman–Crippen LogP) is 1.47. The topological polar surface area (TPSA) is 58.9 Å². The number of hydrogen-bond acceptors (Lipinski definition) is 4. The van der Waals surface area contributed by atoms with Gasteiger partial charge in [0, 0.05) is 12.0 Å². The summed E-state index contributed by atoms with van der Waals surface area (Å²) in [6.45, 7) is 3.56. The molecule has 0 aromatic carbocycles. The van der Waals surface area contributed by atoms with Crippen molar-refractivity contribution in [2.24, 2.45) is 15.9 Å². The zero-order chi connectivity index (χ0) is 10.6. The molecule has 1 aliphatic rings. The second kappa shape index (κ2) is 4.47. The fraction of sp³-hybridized carbons (Fsp3) is 0.300. The molecule has 2 radical (unpaired) electrons. The van der Waals surface area contributed by atoms with Gasteiger partial charge in [0.15, 0.2) is 0 Å². The minimum Gasteiger partial charge on any atom is -0.211 e. The minimum atomic E-state index is -0.221. The van der Waals surface area contributed by atoms with Gasteiger partial charge in [0.2, 0.25) is 12.2 Å². The highest BCUT2D eigenvalue weighted by Crippen LogP contribution is 2.30. The molecule has 0 fully saturated rings. The van der Waals surface area contributed by atoms with Crippen molar-refractivity contribution < 1.29 is 9.59 Å². The Morgan fingerprint density at radius 3 is 2.57 bits per heavy atom. The van der Waals surface area contributed by atoms with Crippen LogP contribution in [-0.4, -0.2) is 12.2 Å². The highest BCUT2D eigenvalue weighted by atomic mass is 16.1. The zero-order valence-corrected chi connectivity index (χ0v) is 7.87. The number of rotatable bonds is 2. The Hall–Kier alpha value is -1.76. The molecule has 0 aromatic heterocycles. The van der Waals surface area contributed by atoms with E-state index in [1.54, 1.807) is 19.9 Å². The third-order valence-corrected chi connectivity index (χ3v) is 1.88. The molecule has 0 bridgehead atoms. The Morgan fingerprint density at radius 2 is 2.00 bits per heavy atom. The zero-order valence-electron chi connectivity index (χ0n) is 7.87. The largest absolute Gasteiger partial charge is 0.240 e. The second-order valence-corrected chi connectivity index (χ2v) is 2.89. The number of allylic oxidation sites excluding steroid dienone is 2. The van der Waals surface area contributed by atoms with Crippen molar-refractivity contribution in [1.82, 2.24) is 0 Å². The van der Waals surface area contributed by atoms with Crippen LogP contribution in [0.4, 0.5) is 0 Å². The molecule has 14 heavy (non-hydrogen) atoms. The van der Waals surface area contributed by atoms with Crippen LogP contribution in [0, 0.1) is 18.0 Å². The van der Waals surface area contributed by atoms with Crippen LogP contribution in [-0.2, 0) is 9.59 Å². The fourth-order valence-electron chi connectivity index (χ4n) is 1.19. The summed E-state index contributed by atoms with van der Waals surface area (Å²) < 4.78 is 0. The van der Waals surface area contributed by atoms with Crippen LogP contribution >= 0.6 is 0 Å². The van der Waals surface area contributed by atoms with Gasteiger partial charge in [-0.15, -0.1) is 0 Å². The molecule has 0 saturated carbocycles. The molecule has 0 heterocycles. The fourth-order valence-corrected chi connectivity index (χ4v) is 1.19. The molecular weight excluding hydrogens is 180 g/mol. The molecule has 0 aromatic rings. The van der Waals surface area contributed by atoms with E-state index in [4.69, 9.17) is 0 Å². The van der Waals surface area contributed by atoms with Gasteiger partial charge in [-0.1, -0.05) is 6.92 Å². The van der Waals surface area contributed by atoms with E-state index in [-0.39, 0.29) is 5.92 Å². The van der Waals surface area contributed by atoms with E-state index in [0.29, 0.717) is 11.7 Å². The first-order valence-corrected chi connectivity index (χ1v) is 4.03. The summed E-state index contributed by atoms with van der Waals surface area (Å²) in [5.74, 6) is -0.221. The van der Waals surface area contributed by atoms with Crippen LogP contribution in [0.25, 0.3) is 0 Å². The summed E-state index contributed by atoms with van der Waals surface area (Å²) in [4.78, 5) is 27.2. The van der Waals surface area contributed by atoms with Crippen LogP contribution in [0.3, 0.4) is 0 Å². The summed E-state index contributed by atoms with van der Waals surface area (Å²) in [5, 5.41) is 0. The maximum absolute atomic E-state index is 10.1. The van der Waals surface area contributed by atoms with E-state index >= 15 is 0 Å². The molecule has 0 spiro atoms. The summed E-state index contributed by atoms with van der Waals surface area (Å²) in [5.41, 5.74) is 1.21. The molecule has 1 rings (SSSR count). The Labute approximate surface area is 81.8 Å². The standard InChI is InChI=1S/C10H8N2O2/c1-7-3-9(11-5-13)8(2)10(4-7)12-6-14/h3,8H,1-2H3. The maximum atomic E-state index is 10.1. The molecule has 0 amide bonds. The first kappa shape index (κ1) is 10.3. The third-order valence-electron chi connectivity index (χ3n) is 1.88. The van der Waals surface area contributed by atoms with E-state index < -0.39 is 0 Å². The molecule has 0 aliphatic heterocycles. The third kappa shape index (κ3) is 2.13. The lowest BCUT2D eigenvalue weighted by Gasteiger charge is -2.18. The number of hydrogen-bond donors (Lipinski definition) is 0.